The molecule has 2 N–H and O–H groups in total. The summed E-state index contributed by atoms with van der Waals surface area (Å²) >= 11 is 6.01. The second kappa shape index (κ2) is 8.84. The summed E-state index contributed by atoms with van der Waals surface area (Å²) in [5, 5.41) is 19.5. The van der Waals surface area contributed by atoms with Crippen LogP contribution in [0.5, 0.6) is 0 Å². The molecule has 0 saturated carbocycles. The third kappa shape index (κ3) is 3.50. The summed E-state index contributed by atoms with van der Waals surface area (Å²) in [7, 11) is 0. The molecule has 2 unspecified atom stereocenters. The smallest absolute Gasteiger partial charge is 0.310 e. The number of amides is 2. The number of fused-ring (bicyclic) bond motifs is 1. The van der Waals surface area contributed by atoms with Gasteiger partial charge >= 0.3 is 5.97 Å². The molecule has 3 aliphatic heterocycles. The molecule has 2 bridgehead atoms. The molecule has 1 spiro atoms. The van der Waals surface area contributed by atoms with Crippen LogP contribution in [0.15, 0.2) is 36.9 Å². The van der Waals surface area contributed by atoms with Crippen molar-refractivity contribution >= 4 is 35.1 Å². The van der Waals surface area contributed by atoms with Crippen molar-refractivity contribution in [2.45, 2.75) is 43.4 Å². The Morgan fingerprint density at radius 1 is 1.31 bits per heavy atom. The average molecular weight is 463 g/mol. The number of carboxylic acids is 1. The van der Waals surface area contributed by atoms with E-state index in [1.807, 2.05) is 0 Å². The van der Waals surface area contributed by atoms with Crippen LogP contribution < -0.4 is 4.90 Å². The molecule has 3 heterocycles. The van der Waals surface area contributed by atoms with Crippen molar-refractivity contribution in [3.63, 3.8) is 0 Å². The minimum absolute atomic E-state index is 0.0289. The van der Waals surface area contributed by atoms with E-state index in [9.17, 15) is 24.6 Å². The highest BCUT2D eigenvalue weighted by Crippen LogP contribution is 2.58. The van der Waals surface area contributed by atoms with E-state index in [-0.39, 0.29) is 31.5 Å². The Morgan fingerprint density at radius 3 is 2.66 bits per heavy atom. The average Bonchev–Trinajstić information content (AvgIpc) is 3.40. The summed E-state index contributed by atoms with van der Waals surface area (Å²) < 4.78 is 6.19. The first kappa shape index (κ1) is 22.8. The Bertz CT molecular complexity index is 922. The number of unbranched alkanes of at least 4 members (excludes halogenated alkanes) is 1. The number of carboxylic acid groups (broad SMARTS) is 1. The quantitative estimate of drug-likeness (QED) is 0.430. The van der Waals surface area contributed by atoms with Crippen LogP contribution in [0.3, 0.4) is 0 Å². The lowest BCUT2D eigenvalue weighted by Gasteiger charge is -2.36. The fraction of sp³-hybridized carbons (Fsp3) is 0.522. The van der Waals surface area contributed by atoms with Gasteiger partial charge in [0.2, 0.25) is 5.91 Å². The topological polar surface area (TPSA) is 107 Å². The maximum absolute atomic E-state index is 14.0. The Kier molecular flexibility index (Phi) is 6.29. The number of carbonyl (C=O) groups is 3. The maximum atomic E-state index is 14.0. The number of aliphatic hydroxyl groups is 1. The Labute approximate surface area is 191 Å². The van der Waals surface area contributed by atoms with E-state index in [0.29, 0.717) is 36.4 Å². The van der Waals surface area contributed by atoms with Gasteiger partial charge in [-0.05, 0) is 49.9 Å². The number of halogens is 1. The standard InChI is InChI=1S/C23H27ClN2O6/c1-2-11-25(15-7-5-14(24)6-8-15)21(29)19-23-10-9-16(32-23)17(22(30)31)18(23)20(28)26(19)12-3-4-13-27/h2,5-8,16-19,27H,1,3-4,9-13H2,(H,30,31)/t16-,17+,18-,19?,23?/m0/s1. The van der Waals surface area contributed by atoms with Gasteiger partial charge in [-0.3, -0.25) is 14.4 Å². The summed E-state index contributed by atoms with van der Waals surface area (Å²) in [6.45, 7) is 4.19. The van der Waals surface area contributed by atoms with Crippen molar-refractivity contribution in [3.8, 4) is 0 Å². The van der Waals surface area contributed by atoms with E-state index in [1.165, 1.54) is 9.80 Å². The summed E-state index contributed by atoms with van der Waals surface area (Å²) in [6, 6.07) is 5.86. The molecule has 32 heavy (non-hydrogen) atoms. The van der Waals surface area contributed by atoms with Crippen LogP contribution in [-0.2, 0) is 19.1 Å². The first-order valence-corrected chi connectivity index (χ1v) is 11.2. The van der Waals surface area contributed by atoms with Crippen molar-refractivity contribution in [2.24, 2.45) is 11.8 Å². The fourth-order valence-electron chi connectivity index (χ4n) is 5.57. The second-order valence-corrected chi connectivity index (χ2v) is 9.01. The van der Waals surface area contributed by atoms with Crippen molar-refractivity contribution < 1.29 is 29.3 Å². The van der Waals surface area contributed by atoms with Gasteiger partial charge in [0.05, 0.1) is 17.9 Å². The van der Waals surface area contributed by atoms with E-state index in [1.54, 1.807) is 30.3 Å². The van der Waals surface area contributed by atoms with E-state index in [4.69, 9.17) is 16.3 Å². The molecule has 3 aliphatic rings. The fourth-order valence-corrected chi connectivity index (χ4v) is 5.69. The SMILES string of the molecule is C=CCN(C(=O)C1N(CCCCO)C(=O)[C@@H]2[C@H](C(=O)O)[C@@H]3CCC12O3)c1ccc(Cl)cc1. The predicted molar refractivity (Wildman–Crippen MR) is 117 cm³/mol. The number of nitrogens with zero attached hydrogens (tertiary/aromatic N) is 2. The lowest BCUT2D eigenvalue weighted by Crippen LogP contribution is -2.56. The normalized spacial score (nSPS) is 30.4. The highest BCUT2D eigenvalue weighted by atomic mass is 35.5. The minimum atomic E-state index is -1.16. The zero-order chi connectivity index (χ0) is 23.0. The third-order valence-electron chi connectivity index (χ3n) is 6.84. The van der Waals surface area contributed by atoms with Gasteiger partial charge in [0.15, 0.2) is 0 Å². The minimum Gasteiger partial charge on any atom is -0.481 e. The van der Waals surface area contributed by atoms with E-state index in [2.05, 4.69) is 6.58 Å². The van der Waals surface area contributed by atoms with E-state index >= 15 is 0 Å². The molecule has 4 rings (SSSR count). The van der Waals surface area contributed by atoms with Crippen LogP contribution in [0.1, 0.15) is 25.7 Å². The highest BCUT2D eigenvalue weighted by molar-refractivity contribution is 6.30. The number of benzene rings is 1. The van der Waals surface area contributed by atoms with Crippen LogP contribution in [0.25, 0.3) is 0 Å². The molecule has 3 saturated heterocycles. The molecule has 172 valence electrons. The molecular weight excluding hydrogens is 436 g/mol. The van der Waals surface area contributed by atoms with Crippen LogP contribution in [0.4, 0.5) is 5.69 Å². The molecule has 0 aromatic heterocycles. The summed E-state index contributed by atoms with van der Waals surface area (Å²) in [5.74, 6) is -3.61. The molecule has 1 aromatic rings. The number of rotatable bonds is 9. The lowest BCUT2D eigenvalue weighted by molar-refractivity contribution is -0.149. The molecule has 3 fully saturated rings. The van der Waals surface area contributed by atoms with Gasteiger partial charge in [0.25, 0.3) is 5.91 Å². The Hall–Kier alpha value is -2.42. The number of anilines is 1. The Morgan fingerprint density at radius 2 is 2.03 bits per heavy atom. The van der Waals surface area contributed by atoms with Gasteiger partial charge in [-0.25, -0.2) is 0 Å². The molecule has 2 amide bonds. The van der Waals surface area contributed by atoms with Crippen LogP contribution >= 0.6 is 11.6 Å². The van der Waals surface area contributed by atoms with Gasteiger partial charge in [0.1, 0.15) is 11.6 Å². The zero-order valence-electron chi connectivity index (χ0n) is 17.7. The van der Waals surface area contributed by atoms with Gasteiger partial charge in [-0.15, -0.1) is 6.58 Å². The van der Waals surface area contributed by atoms with Gasteiger partial charge in [-0.2, -0.15) is 0 Å². The highest BCUT2D eigenvalue weighted by Gasteiger charge is 2.74. The number of carbonyl (C=O) groups excluding carboxylic acids is 2. The molecule has 5 atom stereocenters. The number of hydrogen-bond donors (Lipinski definition) is 2. The number of likely N-dealkylation sites (tertiary alicyclic amines) is 1. The summed E-state index contributed by atoms with van der Waals surface area (Å²) in [5.41, 5.74) is -0.559. The van der Waals surface area contributed by atoms with Crippen LogP contribution in [0, 0.1) is 11.8 Å². The molecular formula is C23H27ClN2O6. The predicted octanol–water partition coefficient (Wildman–Crippen LogP) is 2.09. The third-order valence-corrected chi connectivity index (χ3v) is 7.09. The molecule has 0 radical (unpaired) electrons. The van der Waals surface area contributed by atoms with E-state index in [0.717, 1.165) is 0 Å². The van der Waals surface area contributed by atoms with Crippen molar-refractivity contribution in [3.05, 3.63) is 41.9 Å². The Balaban J connectivity index is 1.74. The molecule has 0 aliphatic carbocycles. The second-order valence-electron chi connectivity index (χ2n) is 8.57. The van der Waals surface area contributed by atoms with Crippen LogP contribution in [-0.4, -0.2) is 70.3 Å². The number of aliphatic carboxylic acids is 1. The maximum Gasteiger partial charge on any atom is 0.310 e. The van der Waals surface area contributed by atoms with Crippen LogP contribution in [0.2, 0.25) is 5.02 Å². The molecule has 9 heteroatoms. The molecule has 1 aromatic carbocycles. The zero-order valence-corrected chi connectivity index (χ0v) is 18.4. The molecule has 8 nitrogen and oxygen atoms in total. The van der Waals surface area contributed by atoms with Crippen molar-refractivity contribution in [1.29, 1.82) is 0 Å². The lowest BCUT2D eigenvalue weighted by atomic mass is 9.70. The summed E-state index contributed by atoms with van der Waals surface area (Å²) in [6.07, 6.45) is 2.95. The summed E-state index contributed by atoms with van der Waals surface area (Å²) in [4.78, 5) is 42.5. The van der Waals surface area contributed by atoms with Gasteiger partial charge in [-0.1, -0.05) is 17.7 Å². The number of ether oxygens (including phenoxy) is 1. The number of aliphatic hydroxyl groups excluding tert-OH is 1. The number of hydrogen-bond acceptors (Lipinski definition) is 5. The first-order valence-electron chi connectivity index (χ1n) is 10.9. The van der Waals surface area contributed by atoms with Crippen molar-refractivity contribution in [2.75, 3.05) is 24.6 Å². The van der Waals surface area contributed by atoms with Gasteiger partial charge in [0, 0.05) is 30.4 Å². The van der Waals surface area contributed by atoms with Crippen molar-refractivity contribution in [1.82, 2.24) is 4.90 Å². The first-order chi connectivity index (χ1) is 15.4. The van der Waals surface area contributed by atoms with Gasteiger partial charge < -0.3 is 24.7 Å². The van der Waals surface area contributed by atoms with E-state index < -0.39 is 35.6 Å². The monoisotopic (exact) mass is 462 g/mol. The largest absolute Gasteiger partial charge is 0.481 e.